The molecule has 0 radical (unpaired) electrons. The molecule has 0 saturated heterocycles. The van der Waals surface area contributed by atoms with E-state index in [1.165, 1.54) is 64.2 Å². The molecule has 104 valence electrons. The third-order valence-electron chi connectivity index (χ3n) is 3.74. The average Bonchev–Trinajstić information content (AvgIpc) is 2.41. The van der Waals surface area contributed by atoms with Crippen LogP contribution in [0.3, 0.4) is 0 Å². The van der Waals surface area contributed by atoms with Crippen LogP contribution >= 0.6 is 0 Å². The van der Waals surface area contributed by atoms with Gasteiger partial charge in [-0.25, -0.2) is 0 Å². The first-order valence-corrected chi connectivity index (χ1v) is 7.85. The summed E-state index contributed by atoms with van der Waals surface area (Å²) in [5.41, 5.74) is 0. The van der Waals surface area contributed by atoms with Gasteiger partial charge in [0.1, 0.15) is 0 Å². The molecule has 0 N–H and O–H groups in total. The van der Waals surface area contributed by atoms with E-state index in [9.17, 15) is 0 Å². The van der Waals surface area contributed by atoms with Crippen LogP contribution in [0, 0.1) is 0 Å². The van der Waals surface area contributed by atoms with Gasteiger partial charge in [-0.3, -0.25) is 4.99 Å². The Morgan fingerprint density at radius 1 is 0.833 bits per heavy atom. The number of nitrogens with zero attached hydrogens (tertiary/aromatic N) is 2. The number of rotatable bonds is 5. The average molecular weight is 250 g/mol. The minimum Gasteiger partial charge on any atom is -0.301 e. The summed E-state index contributed by atoms with van der Waals surface area (Å²) in [6, 6.07) is 0.614. The molecule has 18 heavy (non-hydrogen) atoms. The molecular formula is C16H30N2. The van der Waals surface area contributed by atoms with E-state index in [2.05, 4.69) is 11.2 Å². The zero-order valence-corrected chi connectivity index (χ0v) is 12.1. The van der Waals surface area contributed by atoms with Crippen LogP contribution in [0.2, 0.25) is 0 Å². The summed E-state index contributed by atoms with van der Waals surface area (Å²) in [5.74, 6) is 0. The monoisotopic (exact) mass is 250 g/mol. The lowest BCUT2D eigenvalue weighted by Crippen LogP contribution is -2.06. The molecule has 0 aromatic rings. The Kier molecular flexibility index (Phi) is 9.78. The Bertz CT molecular complexity index is 223. The standard InChI is InChI=1S/C16H30N2/c1-17-14-10-7-11-15-18-16-12-8-5-3-2-4-6-9-13-16/h14-16H,2-13H2,1H3. The maximum atomic E-state index is 4.79. The van der Waals surface area contributed by atoms with Crippen molar-refractivity contribution < 1.29 is 0 Å². The topological polar surface area (TPSA) is 24.7 Å². The van der Waals surface area contributed by atoms with Crippen LogP contribution in [0.15, 0.2) is 9.98 Å². The van der Waals surface area contributed by atoms with Crippen molar-refractivity contribution in [2.45, 2.75) is 83.1 Å². The molecule has 2 heteroatoms. The van der Waals surface area contributed by atoms with Gasteiger partial charge in [-0.2, -0.15) is 0 Å². The second-order valence-corrected chi connectivity index (χ2v) is 5.41. The summed E-state index contributed by atoms with van der Waals surface area (Å²) >= 11 is 0. The van der Waals surface area contributed by atoms with Gasteiger partial charge in [-0.05, 0) is 44.5 Å². The Morgan fingerprint density at radius 3 is 2.00 bits per heavy atom. The van der Waals surface area contributed by atoms with E-state index in [1.807, 2.05) is 13.3 Å². The molecule has 0 aromatic carbocycles. The van der Waals surface area contributed by atoms with Crippen molar-refractivity contribution in [3.05, 3.63) is 0 Å². The molecule has 0 aliphatic heterocycles. The molecule has 0 heterocycles. The zero-order chi connectivity index (χ0) is 12.9. The summed E-state index contributed by atoms with van der Waals surface area (Å²) in [6.07, 6.45) is 20.1. The number of unbranched alkanes of at least 4 members (excludes halogenated alkanes) is 2. The summed E-state index contributed by atoms with van der Waals surface area (Å²) in [7, 11) is 1.84. The highest BCUT2D eigenvalue weighted by Gasteiger charge is 2.07. The number of hydrogen-bond donors (Lipinski definition) is 0. The van der Waals surface area contributed by atoms with Crippen LogP contribution in [-0.4, -0.2) is 25.5 Å². The van der Waals surface area contributed by atoms with Crippen molar-refractivity contribution in [2.75, 3.05) is 7.05 Å². The summed E-state index contributed by atoms with van der Waals surface area (Å²) in [6.45, 7) is 0. The highest BCUT2D eigenvalue weighted by molar-refractivity contribution is 5.60. The van der Waals surface area contributed by atoms with Crippen LogP contribution < -0.4 is 0 Å². The fraction of sp³-hybridized carbons (Fsp3) is 0.875. The van der Waals surface area contributed by atoms with Gasteiger partial charge in [0, 0.05) is 13.1 Å². The summed E-state index contributed by atoms with van der Waals surface area (Å²) in [4.78, 5) is 8.78. The Labute approximate surface area is 113 Å². The lowest BCUT2D eigenvalue weighted by Gasteiger charge is -2.14. The molecule has 1 aliphatic rings. The van der Waals surface area contributed by atoms with E-state index in [0.29, 0.717) is 6.04 Å². The van der Waals surface area contributed by atoms with Crippen molar-refractivity contribution in [3.63, 3.8) is 0 Å². The first-order chi connectivity index (χ1) is 8.93. The number of aliphatic imine (C=N–C) groups is 2. The van der Waals surface area contributed by atoms with Gasteiger partial charge < -0.3 is 4.99 Å². The smallest absolute Gasteiger partial charge is 0.0495 e. The van der Waals surface area contributed by atoms with Crippen molar-refractivity contribution in [3.8, 4) is 0 Å². The zero-order valence-electron chi connectivity index (χ0n) is 12.1. The molecule has 0 bridgehead atoms. The molecule has 0 amide bonds. The van der Waals surface area contributed by atoms with Crippen LogP contribution in [0.5, 0.6) is 0 Å². The fourth-order valence-corrected chi connectivity index (χ4v) is 2.59. The highest BCUT2D eigenvalue weighted by atomic mass is 14.8. The van der Waals surface area contributed by atoms with Crippen LogP contribution in [0.1, 0.15) is 77.0 Å². The Morgan fingerprint density at radius 2 is 1.39 bits per heavy atom. The molecule has 0 atom stereocenters. The molecular weight excluding hydrogens is 220 g/mol. The maximum Gasteiger partial charge on any atom is 0.0495 e. The predicted octanol–water partition coefficient (Wildman–Crippen LogP) is 4.82. The first kappa shape index (κ1) is 15.4. The van der Waals surface area contributed by atoms with E-state index >= 15 is 0 Å². The summed E-state index contributed by atoms with van der Waals surface area (Å²) < 4.78 is 0. The molecule has 1 fully saturated rings. The van der Waals surface area contributed by atoms with Gasteiger partial charge in [0.2, 0.25) is 0 Å². The van der Waals surface area contributed by atoms with E-state index in [4.69, 9.17) is 4.99 Å². The molecule has 2 nitrogen and oxygen atoms in total. The molecule has 1 aliphatic carbocycles. The van der Waals surface area contributed by atoms with Gasteiger partial charge in [0.25, 0.3) is 0 Å². The Balaban J connectivity index is 2.17. The second kappa shape index (κ2) is 11.4. The first-order valence-electron chi connectivity index (χ1n) is 7.85. The minimum absolute atomic E-state index is 0.614. The molecule has 1 saturated carbocycles. The fourth-order valence-electron chi connectivity index (χ4n) is 2.59. The van der Waals surface area contributed by atoms with E-state index in [0.717, 1.165) is 12.8 Å². The maximum absolute atomic E-state index is 4.79. The molecule has 0 spiro atoms. The largest absolute Gasteiger partial charge is 0.301 e. The van der Waals surface area contributed by atoms with Crippen molar-refractivity contribution in [1.29, 1.82) is 0 Å². The second-order valence-electron chi connectivity index (χ2n) is 5.41. The van der Waals surface area contributed by atoms with Gasteiger partial charge in [0.05, 0.1) is 0 Å². The van der Waals surface area contributed by atoms with E-state index < -0.39 is 0 Å². The van der Waals surface area contributed by atoms with Crippen LogP contribution in [0.4, 0.5) is 0 Å². The lowest BCUT2D eigenvalue weighted by atomic mass is 9.98. The molecule has 0 unspecified atom stereocenters. The summed E-state index contributed by atoms with van der Waals surface area (Å²) in [5, 5.41) is 0. The predicted molar refractivity (Wildman–Crippen MR) is 82.1 cm³/mol. The molecule has 0 aromatic heterocycles. The van der Waals surface area contributed by atoms with Gasteiger partial charge in [-0.1, -0.05) is 44.9 Å². The Hall–Kier alpha value is -0.660. The van der Waals surface area contributed by atoms with Gasteiger partial charge >= 0.3 is 0 Å². The highest BCUT2D eigenvalue weighted by Crippen LogP contribution is 2.18. The van der Waals surface area contributed by atoms with Gasteiger partial charge in [0.15, 0.2) is 0 Å². The minimum atomic E-state index is 0.614. The molecule has 1 rings (SSSR count). The van der Waals surface area contributed by atoms with Crippen LogP contribution in [0.25, 0.3) is 0 Å². The van der Waals surface area contributed by atoms with Gasteiger partial charge in [-0.15, -0.1) is 0 Å². The SMILES string of the molecule is CN=CCCCC=NC1CCCCCCCCC1. The third kappa shape index (κ3) is 8.43. The third-order valence-corrected chi connectivity index (χ3v) is 3.74. The van der Waals surface area contributed by atoms with Crippen molar-refractivity contribution in [1.82, 2.24) is 0 Å². The van der Waals surface area contributed by atoms with E-state index in [1.54, 1.807) is 0 Å². The van der Waals surface area contributed by atoms with Crippen molar-refractivity contribution in [2.24, 2.45) is 9.98 Å². The van der Waals surface area contributed by atoms with Crippen LogP contribution in [-0.2, 0) is 0 Å². The number of hydrogen-bond acceptors (Lipinski definition) is 2. The van der Waals surface area contributed by atoms with Crippen molar-refractivity contribution >= 4 is 12.4 Å². The normalized spacial score (nSPS) is 20.7. The quantitative estimate of drug-likeness (QED) is 0.493. The lowest BCUT2D eigenvalue weighted by molar-refractivity contribution is 0.462. The van der Waals surface area contributed by atoms with E-state index in [-0.39, 0.29) is 0 Å².